The second-order valence-corrected chi connectivity index (χ2v) is 9.01. The Morgan fingerprint density at radius 1 is 0.962 bits per heavy atom. The van der Waals surface area contributed by atoms with Crippen LogP contribution in [0.4, 0.5) is 0 Å². The van der Waals surface area contributed by atoms with Gasteiger partial charge in [-0.15, -0.1) is 0 Å². The van der Waals surface area contributed by atoms with E-state index in [2.05, 4.69) is 13.8 Å². The van der Waals surface area contributed by atoms with Crippen LogP contribution < -0.4 is 9.47 Å². The molecule has 2 heterocycles. The van der Waals surface area contributed by atoms with E-state index in [1.807, 2.05) is 24.3 Å². The SMILES string of the molecule is CC(C)c1ccc(S(=O)(=O)N2CCc3cc4c(cc3C2)OCCO4)cc1. The highest BCUT2D eigenvalue weighted by molar-refractivity contribution is 7.89. The number of sulfonamides is 1. The highest BCUT2D eigenvalue weighted by atomic mass is 32.2. The number of fused-ring (bicyclic) bond motifs is 2. The largest absolute Gasteiger partial charge is 0.486 e. The van der Waals surface area contributed by atoms with Gasteiger partial charge in [-0.05, 0) is 53.3 Å². The summed E-state index contributed by atoms with van der Waals surface area (Å²) in [6.07, 6.45) is 0.676. The Morgan fingerprint density at radius 2 is 1.58 bits per heavy atom. The van der Waals surface area contributed by atoms with Crippen molar-refractivity contribution in [3.05, 3.63) is 53.1 Å². The van der Waals surface area contributed by atoms with Gasteiger partial charge < -0.3 is 9.47 Å². The third-order valence-corrected chi connectivity index (χ3v) is 6.89. The van der Waals surface area contributed by atoms with E-state index in [9.17, 15) is 8.42 Å². The zero-order valence-corrected chi connectivity index (χ0v) is 15.9. The summed E-state index contributed by atoms with van der Waals surface area (Å²) in [5, 5.41) is 0. The van der Waals surface area contributed by atoms with E-state index in [1.165, 1.54) is 0 Å². The molecule has 0 unspecified atom stereocenters. The second-order valence-electron chi connectivity index (χ2n) is 7.08. The lowest BCUT2D eigenvalue weighted by Gasteiger charge is -2.30. The van der Waals surface area contributed by atoms with Crippen molar-refractivity contribution in [2.24, 2.45) is 0 Å². The molecule has 0 radical (unpaired) electrons. The van der Waals surface area contributed by atoms with Gasteiger partial charge in [0.05, 0.1) is 4.90 Å². The first-order chi connectivity index (χ1) is 12.4. The van der Waals surface area contributed by atoms with Crippen LogP contribution in [0.5, 0.6) is 11.5 Å². The predicted molar refractivity (Wildman–Crippen MR) is 99.3 cm³/mol. The molecule has 2 aromatic carbocycles. The smallest absolute Gasteiger partial charge is 0.243 e. The van der Waals surface area contributed by atoms with E-state index < -0.39 is 10.0 Å². The monoisotopic (exact) mass is 373 g/mol. The lowest BCUT2D eigenvalue weighted by Crippen LogP contribution is -2.36. The van der Waals surface area contributed by atoms with Crippen molar-refractivity contribution in [3.8, 4) is 11.5 Å². The van der Waals surface area contributed by atoms with Crippen molar-refractivity contribution in [1.82, 2.24) is 4.31 Å². The van der Waals surface area contributed by atoms with E-state index in [-0.39, 0.29) is 0 Å². The van der Waals surface area contributed by atoms with Crippen LogP contribution in [-0.4, -0.2) is 32.5 Å². The van der Waals surface area contributed by atoms with Gasteiger partial charge in [0.15, 0.2) is 11.5 Å². The van der Waals surface area contributed by atoms with Crippen molar-refractivity contribution in [1.29, 1.82) is 0 Å². The van der Waals surface area contributed by atoms with Gasteiger partial charge in [-0.3, -0.25) is 0 Å². The topological polar surface area (TPSA) is 55.8 Å². The van der Waals surface area contributed by atoms with Crippen LogP contribution in [0.3, 0.4) is 0 Å². The average Bonchev–Trinajstić information content (AvgIpc) is 2.66. The quantitative estimate of drug-likeness (QED) is 0.828. The van der Waals surface area contributed by atoms with Gasteiger partial charge >= 0.3 is 0 Å². The van der Waals surface area contributed by atoms with Gasteiger partial charge in [0.25, 0.3) is 0 Å². The number of hydrogen-bond acceptors (Lipinski definition) is 4. The zero-order chi connectivity index (χ0) is 18.3. The van der Waals surface area contributed by atoms with Crippen molar-refractivity contribution in [2.75, 3.05) is 19.8 Å². The van der Waals surface area contributed by atoms with Crippen LogP contribution in [0.15, 0.2) is 41.3 Å². The summed E-state index contributed by atoms with van der Waals surface area (Å²) in [5.41, 5.74) is 3.26. The molecule has 5 nitrogen and oxygen atoms in total. The Morgan fingerprint density at radius 3 is 2.19 bits per heavy atom. The molecule has 2 aromatic rings. The molecule has 4 rings (SSSR count). The molecular weight excluding hydrogens is 350 g/mol. The maximum Gasteiger partial charge on any atom is 0.243 e. The second kappa shape index (κ2) is 6.59. The molecule has 0 N–H and O–H groups in total. The Labute approximate surface area is 154 Å². The molecule has 0 saturated carbocycles. The van der Waals surface area contributed by atoms with Crippen molar-refractivity contribution in [2.45, 2.75) is 37.6 Å². The van der Waals surface area contributed by atoms with Gasteiger partial charge in [0, 0.05) is 13.1 Å². The van der Waals surface area contributed by atoms with Gasteiger partial charge in [0.1, 0.15) is 13.2 Å². The van der Waals surface area contributed by atoms with E-state index >= 15 is 0 Å². The van der Waals surface area contributed by atoms with Crippen LogP contribution in [-0.2, 0) is 23.0 Å². The fourth-order valence-corrected chi connectivity index (χ4v) is 4.86. The molecule has 0 bridgehead atoms. The summed E-state index contributed by atoms with van der Waals surface area (Å²) >= 11 is 0. The average molecular weight is 373 g/mol. The number of rotatable bonds is 3. The molecular formula is C20H23NO4S. The van der Waals surface area contributed by atoms with Gasteiger partial charge in [-0.2, -0.15) is 4.31 Å². The van der Waals surface area contributed by atoms with Crippen molar-refractivity contribution in [3.63, 3.8) is 0 Å². The van der Waals surface area contributed by atoms with Crippen LogP contribution in [0.2, 0.25) is 0 Å². The molecule has 0 fully saturated rings. The minimum absolute atomic E-state index is 0.350. The standard InChI is InChI=1S/C20H23NO4S/c1-14(2)15-3-5-18(6-4-15)26(22,23)21-8-7-16-11-19-20(12-17(16)13-21)25-10-9-24-19/h3-6,11-12,14H,7-10,13H2,1-2H3. The molecule has 0 saturated heterocycles. The zero-order valence-electron chi connectivity index (χ0n) is 15.1. The molecule has 6 heteroatoms. The van der Waals surface area contributed by atoms with E-state index in [0.717, 1.165) is 22.4 Å². The number of hydrogen-bond donors (Lipinski definition) is 0. The summed E-state index contributed by atoms with van der Waals surface area (Å²) < 4.78 is 38.9. The fourth-order valence-electron chi connectivity index (χ4n) is 3.45. The summed E-state index contributed by atoms with van der Waals surface area (Å²) in [5.74, 6) is 1.84. The van der Waals surface area contributed by atoms with Gasteiger partial charge in [-0.1, -0.05) is 26.0 Å². The van der Waals surface area contributed by atoms with Crippen LogP contribution in [0.25, 0.3) is 0 Å². The van der Waals surface area contributed by atoms with Gasteiger partial charge in [0.2, 0.25) is 10.0 Å². The molecule has 0 spiro atoms. The van der Waals surface area contributed by atoms with Crippen LogP contribution >= 0.6 is 0 Å². The van der Waals surface area contributed by atoms with Crippen molar-refractivity contribution >= 4 is 10.0 Å². The minimum Gasteiger partial charge on any atom is -0.486 e. The van der Waals surface area contributed by atoms with Gasteiger partial charge in [-0.25, -0.2) is 8.42 Å². The molecule has 2 aliphatic rings. The molecule has 138 valence electrons. The Hall–Kier alpha value is -2.05. The third kappa shape index (κ3) is 3.08. The molecule has 26 heavy (non-hydrogen) atoms. The summed E-state index contributed by atoms with van der Waals surface area (Å²) in [6.45, 7) is 6.10. The molecule has 0 atom stereocenters. The maximum atomic E-state index is 13.0. The summed E-state index contributed by atoms with van der Waals surface area (Å²) in [7, 11) is -3.51. The highest BCUT2D eigenvalue weighted by Gasteiger charge is 2.29. The first-order valence-electron chi connectivity index (χ1n) is 8.96. The third-order valence-electron chi connectivity index (χ3n) is 5.03. The Kier molecular flexibility index (Phi) is 4.40. The van der Waals surface area contributed by atoms with E-state index in [0.29, 0.717) is 49.3 Å². The number of nitrogens with zero attached hydrogens (tertiary/aromatic N) is 1. The molecule has 0 amide bonds. The number of benzene rings is 2. The first-order valence-corrected chi connectivity index (χ1v) is 10.4. The normalized spacial score (nSPS) is 17.2. The lowest BCUT2D eigenvalue weighted by atomic mass is 10.00. The fraction of sp³-hybridized carbons (Fsp3) is 0.400. The van der Waals surface area contributed by atoms with E-state index in [4.69, 9.17) is 9.47 Å². The summed E-state index contributed by atoms with van der Waals surface area (Å²) in [4.78, 5) is 0.350. The predicted octanol–water partition coefficient (Wildman–Crippen LogP) is 3.33. The minimum atomic E-state index is -3.51. The van der Waals surface area contributed by atoms with Crippen LogP contribution in [0, 0.1) is 0 Å². The highest BCUT2D eigenvalue weighted by Crippen LogP contribution is 2.36. The van der Waals surface area contributed by atoms with Crippen LogP contribution in [0.1, 0.15) is 36.5 Å². The van der Waals surface area contributed by atoms with Crippen molar-refractivity contribution < 1.29 is 17.9 Å². The maximum absolute atomic E-state index is 13.0. The van der Waals surface area contributed by atoms with E-state index in [1.54, 1.807) is 16.4 Å². The summed E-state index contributed by atoms with van der Waals surface area (Å²) in [6, 6.07) is 11.1. The first kappa shape index (κ1) is 17.4. The number of ether oxygens (including phenoxy) is 2. The Bertz CT molecular complexity index is 920. The lowest BCUT2D eigenvalue weighted by molar-refractivity contribution is 0.171. The molecule has 2 aliphatic heterocycles. The Balaban J connectivity index is 1.61. The molecule has 0 aromatic heterocycles. The molecule has 0 aliphatic carbocycles.